The minimum Gasteiger partial charge on any atom is -0.368 e. The van der Waals surface area contributed by atoms with Gasteiger partial charge < -0.3 is 16.0 Å². The number of nitrogens with two attached hydrogens (primary N) is 1. The molecular weight excluding hydrogens is 278 g/mol. The molecule has 20 heavy (non-hydrogen) atoms. The third kappa shape index (κ3) is 4.09. The van der Waals surface area contributed by atoms with E-state index in [9.17, 15) is 9.59 Å². The summed E-state index contributed by atoms with van der Waals surface area (Å²) < 4.78 is 0. The first-order chi connectivity index (χ1) is 9.09. The standard InChI is InChI=1S/C14H25N3O2.ClH/c1-10(16-11-6-3-2-4-7-11)14(19)17-9-5-8-12(17)13(15)18;/h10-12,16H,2-9H2,1H3,(H2,15,18);1H/t10-,12-;/m0./s1. The van der Waals surface area contributed by atoms with Gasteiger partial charge in [-0.1, -0.05) is 19.3 Å². The van der Waals surface area contributed by atoms with E-state index in [4.69, 9.17) is 5.73 Å². The van der Waals surface area contributed by atoms with E-state index in [2.05, 4.69) is 5.32 Å². The molecule has 0 aromatic rings. The van der Waals surface area contributed by atoms with Crippen LogP contribution in [-0.2, 0) is 9.59 Å². The second kappa shape index (κ2) is 7.84. The zero-order chi connectivity index (χ0) is 13.8. The summed E-state index contributed by atoms with van der Waals surface area (Å²) in [6.45, 7) is 2.55. The molecule has 1 aliphatic carbocycles. The highest BCUT2D eigenvalue weighted by Crippen LogP contribution is 2.20. The molecule has 1 aliphatic heterocycles. The van der Waals surface area contributed by atoms with Gasteiger partial charge in [-0.3, -0.25) is 9.59 Å². The van der Waals surface area contributed by atoms with Crippen molar-refractivity contribution in [2.24, 2.45) is 5.73 Å². The van der Waals surface area contributed by atoms with E-state index < -0.39 is 6.04 Å². The summed E-state index contributed by atoms with van der Waals surface area (Å²) in [4.78, 5) is 25.4. The lowest BCUT2D eigenvalue weighted by molar-refractivity contribution is -0.138. The quantitative estimate of drug-likeness (QED) is 0.819. The van der Waals surface area contributed by atoms with Gasteiger partial charge in [0.1, 0.15) is 6.04 Å². The maximum Gasteiger partial charge on any atom is 0.240 e. The van der Waals surface area contributed by atoms with Crippen molar-refractivity contribution in [3.8, 4) is 0 Å². The van der Waals surface area contributed by atoms with E-state index in [1.165, 1.54) is 19.3 Å². The third-order valence-corrected chi connectivity index (χ3v) is 4.33. The van der Waals surface area contributed by atoms with Crippen LogP contribution in [0, 0.1) is 0 Å². The second-order valence-corrected chi connectivity index (χ2v) is 5.82. The molecule has 5 nitrogen and oxygen atoms in total. The van der Waals surface area contributed by atoms with Gasteiger partial charge in [-0.15, -0.1) is 12.4 Å². The minimum atomic E-state index is -0.400. The van der Waals surface area contributed by atoms with Crippen LogP contribution in [-0.4, -0.2) is 41.4 Å². The van der Waals surface area contributed by atoms with Crippen LogP contribution >= 0.6 is 12.4 Å². The number of likely N-dealkylation sites (tertiary alicyclic amines) is 1. The molecule has 0 unspecified atom stereocenters. The van der Waals surface area contributed by atoms with E-state index in [0.717, 1.165) is 19.3 Å². The monoisotopic (exact) mass is 303 g/mol. The van der Waals surface area contributed by atoms with Gasteiger partial charge in [0.25, 0.3) is 0 Å². The van der Waals surface area contributed by atoms with E-state index in [-0.39, 0.29) is 30.3 Å². The molecule has 0 aromatic heterocycles. The Morgan fingerprint density at radius 2 is 1.80 bits per heavy atom. The molecule has 116 valence electrons. The number of nitrogens with one attached hydrogen (secondary N) is 1. The summed E-state index contributed by atoms with van der Waals surface area (Å²) in [5, 5.41) is 3.41. The van der Waals surface area contributed by atoms with Crippen LogP contribution in [0.5, 0.6) is 0 Å². The number of hydrogen-bond acceptors (Lipinski definition) is 3. The van der Waals surface area contributed by atoms with Gasteiger partial charge in [0, 0.05) is 12.6 Å². The van der Waals surface area contributed by atoms with Crippen molar-refractivity contribution >= 4 is 24.2 Å². The topological polar surface area (TPSA) is 75.4 Å². The molecule has 1 heterocycles. The average molecular weight is 304 g/mol. The Labute approximate surface area is 127 Å². The summed E-state index contributed by atoms with van der Waals surface area (Å²) in [5.74, 6) is -0.359. The van der Waals surface area contributed by atoms with E-state index in [1.54, 1.807) is 4.90 Å². The predicted molar refractivity (Wildman–Crippen MR) is 80.6 cm³/mol. The first kappa shape index (κ1) is 17.2. The lowest BCUT2D eigenvalue weighted by Gasteiger charge is -2.30. The summed E-state index contributed by atoms with van der Waals surface area (Å²) >= 11 is 0. The van der Waals surface area contributed by atoms with Crippen LogP contribution in [0.15, 0.2) is 0 Å². The Bertz CT molecular complexity index is 345. The van der Waals surface area contributed by atoms with Gasteiger partial charge >= 0.3 is 0 Å². The Morgan fingerprint density at radius 3 is 2.40 bits per heavy atom. The number of nitrogens with zero attached hydrogens (tertiary/aromatic N) is 1. The molecule has 0 spiro atoms. The van der Waals surface area contributed by atoms with E-state index >= 15 is 0 Å². The fraction of sp³-hybridized carbons (Fsp3) is 0.857. The Balaban J connectivity index is 0.00000200. The van der Waals surface area contributed by atoms with Crippen molar-refractivity contribution in [1.82, 2.24) is 10.2 Å². The lowest BCUT2D eigenvalue weighted by atomic mass is 9.95. The van der Waals surface area contributed by atoms with Crippen LogP contribution in [0.1, 0.15) is 51.9 Å². The molecule has 2 aliphatic rings. The largest absolute Gasteiger partial charge is 0.368 e. The highest BCUT2D eigenvalue weighted by molar-refractivity contribution is 5.89. The molecule has 0 radical (unpaired) electrons. The van der Waals surface area contributed by atoms with Gasteiger partial charge in [0.15, 0.2) is 0 Å². The Kier molecular flexibility index (Phi) is 6.76. The van der Waals surface area contributed by atoms with E-state index in [0.29, 0.717) is 19.0 Å². The molecular formula is C14H26ClN3O2. The van der Waals surface area contributed by atoms with Gasteiger partial charge in [0.2, 0.25) is 11.8 Å². The first-order valence-corrected chi connectivity index (χ1v) is 7.45. The van der Waals surface area contributed by atoms with Crippen molar-refractivity contribution in [1.29, 1.82) is 0 Å². The molecule has 1 saturated carbocycles. The second-order valence-electron chi connectivity index (χ2n) is 5.82. The van der Waals surface area contributed by atoms with Crippen molar-refractivity contribution in [2.75, 3.05) is 6.54 Å². The van der Waals surface area contributed by atoms with Crippen LogP contribution in [0.2, 0.25) is 0 Å². The van der Waals surface area contributed by atoms with Crippen molar-refractivity contribution in [3.63, 3.8) is 0 Å². The van der Waals surface area contributed by atoms with Crippen molar-refractivity contribution in [3.05, 3.63) is 0 Å². The highest BCUT2D eigenvalue weighted by Gasteiger charge is 2.35. The molecule has 6 heteroatoms. The fourth-order valence-corrected chi connectivity index (χ4v) is 3.27. The summed E-state index contributed by atoms with van der Waals surface area (Å²) in [5.41, 5.74) is 5.36. The fourth-order valence-electron chi connectivity index (χ4n) is 3.27. The van der Waals surface area contributed by atoms with Crippen LogP contribution in [0.25, 0.3) is 0 Å². The summed E-state index contributed by atoms with van der Waals surface area (Å²) in [6.07, 6.45) is 7.66. The maximum atomic E-state index is 12.4. The first-order valence-electron chi connectivity index (χ1n) is 7.45. The van der Waals surface area contributed by atoms with E-state index in [1.807, 2.05) is 6.92 Å². The molecule has 3 N–H and O–H groups in total. The molecule has 1 saturated heterocycles. The average Bonchev–Trinajstić information content (AvgIpc) is 2.88. The lowest BCUT2D eigenvalue weighted by Crippen LogP contribution is -2.52. The number of hydrogen-bond donors (Lipinski definition) is 2. The molecule has 2 atom stereocenters. The number of carbonyl (C=O) groups is 2. The van der Waals surface area contributed by atoms with Gasteiger partial charge in [-0.05, 0) is 32.6 Å². The zero-order valence-corrected chi connectivity index (χ0v) is 13.0. The zero-order valence-electron chi connectivity index (χ0n) is 12.1. The molecule has 2 amide bonds. The molecule has 0 bridgehead atoms. The summed E-state index contributed by atoms with van der Waals surface area (Å²) in [7, 11) is 0. The van der Waals surface area contributed by atoms with Crippen LogP contribution < -0.4 is 11.1 Å². The molecule has 2 fully saturated rings. The Hall–Kier alpha value is -0.810. The van der Waals surface area contributed by atoms with Gasteiger partial charge in [0.05, 0.1) is 6.04 Å². The highest BCUT2D eigenvalue weighted by atomic mass is 35.5. The van der Waals surface area contributed by atoms with Crippen LogP contribution in [0.3, 0.4) is 0 Å². The summed E-state index contributed by atoms with van der Waals surface area (Å²) in [6, 6.07) is -0.173. The Morgan fingerprint density at radius 1 is 1.15 bits per heavy atom. The normalized spacial score (nSPS) is 25.1. The smallest absolute Gasteiger partial charge is 0.240 e. The van der Waals surface area contributed by atoms with Gasteiger partial charge in [-0.2, -0.15) is 0 Å². The SMILES string of the molecule is C[C@H](NC1CCCCC1)C(=O)N1CCC[C@H]1C(N)=O.Cl. The molecule has 2 rings (SSSR count). The molecule has 0 aromatic carbocycles. The van der Waals surface area contributed by atoms with Crippen molar-refractivity contribution < 1.29 is 9.59 Å². The maximum absolute atomic E-state index is 12.4. The number of halogens is 1. The number of amides is 2. The van der Waals surface area contributed by atoms with Gasteiger partial charge in [-0.25, -0.2) is 0 Å². The number of primary amides is 1. The number of rotatable bonds is 4. The third-order valence-electron chi connectivity index (χ3n) is 4.33. The minimum absolute atomic E-state index is 0. The predicted octanol–water partition coefficient (Wildman–Crippen LogP) is 1.20. The number of carbonyl (C=O) groups excluding carboxylic acids is 2. The van der Waals surface area contributed by atoms with Crippen molar-refractivity contribution in [2.45, 2.75) is 70.0 Å². The van der Waals surface area contributed by atoms with Crippen LogP contribution in [0.4, 0.5) is 0 Å².